The smallest absolute Gasteiger partial charge is 0.340 e. The van der Waals surface area contributed by atoms with Crippen LogP contribution in [0.15, 0.2) is 77.7 Å². The van der Waals surface area contributed by atoms with E-state index in [0.29, 0.717) is 11.1 Å². The van der Waals surface area contributed by atoms with Crippen molar-refractivity contribution >= 4 is 27.6 Å². The van der Waals surface area contributed by atoms with Crippen molar-refractivity contribution in [3.63, 3.8) is 0 Å². The Labute approximate surface area is 172 Å². The van der Waals surface area contributed by atoms with E-state index in [1.54, 1.807) is 24.3 Å². The van der Waals surface area contributed by atoms with Crippen LogP contribution in [0.1, 0.15) is 26.3 Å². The molecule has 3 N–H and O–H groups in total. The van der Waals surface area contributed by atoms with Gasteiger partial charge in [-0.25, -0.2) is 17.6 Å². The molecule has 0 spiro atoms. The van der Waals surface area contributed by atoms with Crippen LogP contribution in [0.3, 0.4) is 0 Å². The van der Waals surface area contributed by atoms with Crippen molar-refractivity contribution in [2.75, 3.05) is 4.72 Å². The van der Waals surface area contributed by atoms with Crippen LogP contribution in [-0.2, 0) is 21.4 Å². The molecular formula is C21H17FN2O5S. The molecule has 0 radical (unpaired) electrons. The second-order valence-corrected chi connectivity index (χ2v) is 7.92. The van der Waals surface area contributed by atoms with Gasteiger partial charge in [0.15, 0.2) is 0 Å². The van der Waals surface area contributed by atoms with Gasteiger partial charge in [0.05, 0.1) is 16.1 Å². The van der Waals surface area contributed by atoms with E-state index in [-0.39, 0.29) is 22.8 Å². The normalized spacial score (nSPS) is 11.0. The van der Waals surface area contributed by atoms with Gasteiger partial charge in [-0.15, -0.1) is 0 Å². The molecule has 9 heteroatoms. The highest BCUT2D eigenvalue weighted by Gasteiger charge is 2.19. The van der Waals surface area contributed by atoms with Gasteiger partial charge in [-0.2, -0.15) is 0 Å². The number of ether oxygens (including phenoxy) is 1. The Morgan fingerprint density at radius 2 is 1.57 bits per heavy atom. The summed E-state index contributed by atoms with van der Waals surface area (Å²) in [6.07, 6.45) is 0. The summed E-state index contributed by atoms with van der Waals surface area (Å²) in [4.78, 5) is 23.4. The third kappa shape index (κ3) is 5.00. The molecule has 1 amide bonds. The second kappa shape index (κ2) is 8.75. The lowest BCUT2D eigenvalue weighted by Gasteiger charge is -2.12. The number of amides is 1. The second-order valence-electron chi connectivity index (χ2n) is 6.24. The van der Waals surface area contributed by atoms with Crippen molar-refractivity contribution in [2.24, 2.45) is 5.73 Å². The first kappa shape index (κ1) is 21.0. The highest BCUT2D eigenvalue weighted by molar-refractivity contribution is 7.92. The Morgan fingerprint density at radius 3 is 2.20 bits per heavy atom. The fourth-order valence-corrected chi connectivity index (χ4v) is 3.64. The minimum atomic E-state index is -4.03. The van der Waals surface area contributed by atoms with Crippen LogP contribution in [-0.4, -0.2) is 20.3 Å². The summed E-state index contributed by atoms with van der Waals surface area (Å²) in [5.74, 6) is -1.88. The first-order chi connectivity index (χ1) is 14.3. The van der Waals surface area contributed by atoms with Crippen molar-refractivity contribution in [3.05, 3.63) is 95.3 Å². The number of para-hydroxylation sites is 1. The van der Waals surface area contributed by atoms with Crippen molar-refractivity contribution in [1.29, 1.82) is 0 Å². The molecule has 3 rings (SSSR count). The number of nitrogens with one attached hydrogen (secondary N) is 1. The van der Waals surface area contributed by atoms with Gasteiger partial charge < -0.3 is 10.5 Å². The van der Waals surface area contributed by atoms with E-state index in [4.69, 9.17) is 10.5 Å². The van der Waals surface area contributed by atoms with Gasteiger partial charge in [-0.1, -0.05) is 24.3 Å². The molecule has 0 aliphatic carbocycles. The van der Waals surface area contributed by atoms with Gasteiger partial charge in [-0.3, -0.25) is 9.52 Å². The molecule has 0 atom stereocenters. The lowest BCUT2D eigenvalue weighted by Crippen LogP contribution is -2.16. The lowest BCUT2D eigenvalue weighted by atomic mass is 10.1. The van der Waals surface area contributed by atoms with E-state index in [9.17, 15) is 22.4 Å². The molecule has 0 saturated heterocycles. The monoisotopic (exact) mass is 428 g/mol. The third-order valence-electron chi connectivity index (χ3n) is 4.12. The van der Waals surface area contributed by atoms with E-state index in [1.165, 1.54) is 24.3 Å². The number of primary amides is 1. The average Bonchev–Trinajstić information content (AvgIpc) is 2.72. The highest BCUT2D eigenvalue weighted by atomic mass is 32.2. The Hall–Kier alpha value is -3.72. The van der Waals surface area contributed by atoms with Gasteiger partial charge in [0.1, 0.15) is 12.4 Å². The van der Waals surface area contributed by atoms with E-state index in [0.717, 1.165) is 24.3 Å². The summed E-state index contributed by atoms with van der Waals surface area (Å²) in [6.45, 7) is -0.0864. The lowest BCUT2D eigenvalue weighted by molar-refractivity contribution is 0.0473. The number of anilines is 1. The van der Waals surface area contributed by atoms with E-state index in [1.807, 2.05) is 0 Å². The van der Waals surface area contributed by atoms with Crippen LogP contribution in [0.4, 0.5) is 10.1 Å². The number of hydrogen-bond donors (Lipinski definition) is 2. The van der Waals surface area contributed by atoms with Crippen molar-refractivity contribution in [2.45, 2.75) is 11.5 Å². The number of carbonyl (C=O) groups excluding carboxylic acids is 2. The summed E-state index contributed by atoms with van der Waals surface area (Å²) in [7, 11) is -4.03. The number of benzene rings is 3. The fourth-order valence-electron chi connectivity index (χ4n) is 2.56. The molecule has 3 aromatic rings. The molecule has 0 bridgehead atoms. The molecule has 30 heavy (non-hydrogen) atoms. The number of nitrogens with two attached hydrogens (primary N) is 1. The molecule has 0 aliphatic rings. The largest absolute Gasteiger partial charge is 0.457 e. The summed E-state index contributed by atoms with van der Waals surface area (Å²) >= 11 is 0. The zero-order chi connectivity index (χ0) is 21.7. The Bertz CT molecular complexity index is 1180. The summed E-state index contributed by atoms with van der Waals surface area (Å²) in [6, 6.07) is 16.5. The number of sulfonamides is 1. The van der Waals surface area contributed by atoms with Crippen LogP contribution >= 0.6 is 0 Å². The molecule has 0 aliphatic heterocycles. The van der Waals surface area contributed by atoms with E-state index < -0.39 is 27.7 Å². The van der Waals surface area contributed by atoms with Gasteiger partial charge >= 0.3 is 5.97 Å². The van der Waals surface area contributed by atoms with Crippen molar-refractivity contribution < 1.29 is 27.1 Å². The topological polar surface area (TPSA) is 116 Å². The van der Waals surface area contributed by atoms with Crippen molar-refractivity contribution in [3.8, 4) is 0 Å². The molecule has 0 saturated carbocycles. The molecular weight excluding hydrogens is 411 g/mol. The summed E-state index contributed by atoms with van der Waals surface area (Å²) < 4.78 is 45.7. The number of hydrogen-bond acceptors (Lipinski definition) is 5. The quantitative estimate of drug-likeness (QED) is 0.561. The predicted molar refractivity (Wildman–Crippen MR) is 108 cm³/mol. The molecule has 0 unspecified atom stereocenters. The minimum Gasteiger partial charge on any atom is -0.457 e. The highest BCUT2D eigenvalue weighted by Crippen LogP contribution is 2.21. The molecule has 0 fully saturated rings. The number of halogens is 1. The van der Waals surface area contributed by atoms with Gasteiger partial charge in [-0.05, 0) is 54.1 Å². The Balaban J connectivity index is 1.74. The minimum absolute atomic E-state index is 0.0111. The zero-order valence-corrected chi connectivity index (χ0v) is 16.4. The predicted octanol–water partition coefficient (Wildman–Crippen LogP) is 3.08. The third-order valence-corrected chi connectivity index (χ3v) is 5.51. The van der Waals surface area contributed by atoms with Gasteiger partial charge in [0.25, 0.3) is 10.0 Å². The summed E-state index contributed by atoms with van der Waals surface area (Å²) in [5, 5.41) is 0. The van der Waals surface area contributed by atoms with E-state index in [2.05, 4.69) is 4.72 Å². The van der Waals surface area contributed by atoms with Crippen LogP contribution in [0.2, 0.25) is 0 Å². The SMILES string of the molecule is NC(=O)c1ccc(COC(=O)c2ccccc2NS(=O)(=O)c2ccc(F)cc2)cc1. The fraction of sp³-hybridized carbons (Fsp3) is 0.0476. The zero-order valence-electron chi connectivity index (χ0n) is 15.5. The van der Waals surface area contributed by atoms with Crippen molar-refractivity contribution in [1.82, 2.24) is 0 Å². The molecule has 154 valence electrons. The molecule has 7 nitrogen and oxygen atoms in total. The maximum Gasteiger partial charge on any atom is 0.340 e. The Morgan fingerprint density at radius 1 is 0.933 bits per heavy atom. The first-order valence-electron chi connectivity index (χ1n) is 8.69. The van der Waals surface area contributed by atoms with Crippen LogP contribution in [0, 0.1) is 5.82 Å². The standard InChI is InChI=1S/C21H17FN2O5S/c22-16-9-11-17(12-10-16)30(27,28)24-19-4-2-1-3-18(19)21(26)29-13-14-5-7-15(8-6-14)20(23)25/h1-12,24H,13H2,(H2,23,25). The van der Waals surface area contributed by atoms with Gasteiger partial charge in [0.2, 0.25) is 5.91 Å². The van der Waals surface area contributed by atoms with Gasteiger partial charge in [0, 0.05) is 5.56 Å². The molecule has 0 heterocycles. The average molecular weight is 428 g/mol. The number of esters is 1. The molecule has 0 aromatic heterocycles. The molecule has 3 aromatic carbocycles. The van der Waals surface area contributed by atoms with Crippen LogP contribution in [0.5, 0.6) is 0 Å². The Kier molecular flexibility index (Phi) is 6.12. The van der Waals surface area contributed by atoms with Crippen LogP contribution < -0.4 is 10.5 Å². The first-order valence-corrected chi connectivity index (χ1v) is 10.2. The van der Waals surface area contributed by atoms with E-state index >= 15 is 0 Å². The van der Waals surface area contributed by atoms with Crippen LogP contribution in [0.25, 0.3) is 0 Å². The maximum absolute atomic E-state index is 13.1. The number of carbonyl (C=O) groups is 2. The summed E-state index contributed by atoms with van der Waals surface area (Å²) in [5.41, 5.74) is 6.16. The maximum atomic E-state index is 13.1. The number of rotatable bonds is 7.